The first-order chi connectivity index (χ1) is 8.47. The van der Waals surface area contributed by atoms with E-state index in [0.717, 1.165) is 35.2 Å². The van der Waals surface area contributed by atoms with E-state index in [1.54, 1.807) is 0 Å². The van der Waals surface area contributed by atoms with Crippen molar-refractivity contribution in [1.82, 2.24) is 0 Å². The number of amides is 1. The summed E-state index contributed by atoms with van der Waals surface area (Å²) in [7, 11) is 0. The Balaban J connectivity index is 2.30. The minimum absolute atomic E-state index is 0.0843. The van der Waals surface area contributed by atoms with E-state index in [1.165, 1.54) is 0 Å². The molecule has 18 heavy (non-hydrogen) atoms. The first kappa shape index (κ1) is 13.1. The van der Waals surface area contributed by atoms with Gasteiger partial charge < -0.3 is 10.4 Å². The number of benzene rings is 1. The molecule has 0 spiro atoms. The third kappa shape index (κ3) is 2.72. The Bertz CT molecular complexity index is 466. The number of carbonyl (C=O) groups is 1. The van der Waals surface area contributed by atoms with Gasteiger partial charge in [0.05, 0.1) is 6.10 Å². The first-order valence-corrected chi connectivity index (χ1v) is 6.58. The summed E-state index contributed by atoms with van der Waals surface area (Å²) in [6.45, 7) is 6.19. The maximum atomic E-state index is 11.4. The Morgan fingerprint density at radius 3 is 2.72 bits per heavy atom. The van der Waals surface area contributed by atoms with E-state index in [4.69, 9.17) is 0 Å². The molecule has 3 nitrogen and oxygen atoms in total. The molecule has 1 atom stereocenters. The molecule has 1 aromatic carbocycles. The van der Waals surface area contributed by atoms with E-state index in [9.17, 15) is 9.90 Å². The van der Waals surface area contributed by atoms with Gasteiger partial charge in [0.1, 0.15) is 0 Å². The second-order valence-electron chi connectivity index (χ2n) is 5.57. The number of aliphatic hydroxyl groups excluding tert-OH is 1. The van der Waals surface area contributed by atoms with Gasteiger partial charge in [-0.15, -0.1) is 0 Å². The number of fused-ring (bicyclic) bond motifs is 1. The van der Waals surface area contributed by atoms with Gasteiger partial charge in [-0.05, 0) is 42.4 Å². The molecule has 0 fully saturated rings. The molecule has 1 amide bonds. The van der Waals surface area contributed by atoms with Crippen LogP contribution in [0.25, 0.3) is 0 Å². The van der Waals surface area contributed by atoms with Crippen LogP contribution in [0.2, 0.25) is 0 Å². The zero-order chi connectivity index (χ0) is 13.3. The number of hydrogen-bond donors (Lipinski definition) is 2. The van der Waals surface area contributed by atoms with Crippen molar-refractivity contribution in [3.63, 3.8) is 0 Å². The van der Waals surface area contributed by atoms with Gasteiger partial charge >= 0.3 is 0 Å². The third-order valence-corrected chi connectivity index (χ3v) is 3.40. The van der Waals surface area contributed by atoms with Gasteiger partial charge in [-0.25, -0.2) is 0 Å². The average molecular weight is 247 g/mol. The van der Waals surface area contributed by atoms with Crippen molar-refractivity contribution in [2.45, 2.75) is 46.1 Å². The molecule has 0 aliphatic carbocycles. The molecule has 1 aromatic rings. The van der Waals surface area contributed by atoms with Gasteiger partial charge in [-0.2, -0.15) is 0 Å². The summed E-state index contributed by atoms with van der Waals surface area (Å²) in [6.07, 6.45) is 1.66. The highest BCUT2D eigenvalue weighted by molar-refractivity contribution is 5.94. The fraction of sp³-hybridized carbons (Fsp3) is 0.533. The molecule has 1 aliphatic rings. The minimum atomic E-state index is -0.411. The van der Waals surface area contributed by atoms with Crippen LogP contribution in [-0.2, 0) is 11.2 Å². The van der Waals surface area contributed by atoms with Crippen LogP contribution >= 0.6 is 0 Å². The van der Waals surface area contributed by atoms with E-state index >= 15 is 0 Å². The molecule has 0 saturated carbocycles. The van der Waals surface area contributed by atoms with Crippen LogP contribution in [0.3, 0.4) is 0 Å². The predicted molar refractivity (Wildman–Crippen MR) is 72.5 cm³/mol. The molecule has 0 aromatic heterocycles. The highest BCUT2D eigenvalue weighted by atomic mass is 16.3. The summed E-state index contributed by atoms with van der Waals surface area (Å²) >= 11 is 0. The molecule has 1 unspecified atom stereocenters. The SMILES string of the molecule is Cc1cc(C(O)CC(C)C)cc2c1NC(=O)CC2. The van der Waals surface area contributed by atoms with Crippen molar-refractivity contribution in [2.24, 2.45) is 5.92 Å². The quantitative estimate of drug-likeness (QED) is 0.862. The van der Waals surface area contributed by atoms with E-state index in [0.29, 0.717) is 12.3 Å². The molecule has 0 radical (unpaired) electrons. The largest absolute Gasteiger partial charge is 0.388 e. The summed E-state index contributed by atoms with van der Waals surface area (Å²) in [5, 5.41) is 13.1. The molecule has 1 heterocycles. The number of carbonyl (C=O) groups excluding carboxylic acids is 1. The maximum Gasteiger partial charge on any atom is 0.224 e. The molecule has 3 heteroatoms. The average Bonchev–Trinajstić information content (AvgIpc) is 2.29. The van der Waals surface area contributed by atoms with E-state index < -0.39 is 6.10 Å². The van der Waals surface area contributed by atoms with Gasteiger partial charge in [0.25, 0.3) is 0 Å². The van der Waals surface area contributed by atoms with Crippen LogP contribution in [0.5, 0.6) is 0 Å². The lowest BCUT2D eigenvalue weighted by Crippen LogP contribution is -2.20. The topological polar surface area (TPSA) is 49.3 Å². The van der Waals surface area contributed by atoms with Crippen molar-refractivity contribution in [2.75, 3.05) is 5.32 Å². The maximum absolute atomic E-state index is 11.4. The van der Waals surface area contributed by atoms with Crippen LogP contribution in [-0.4, -0.2) is 11.0 Å². The predicted octanol–water partition coefficient (Wildman–Crippen LogP) is 2.96. The van der Waals surface area contributed by atoms with Crippen LogP contribution in [0, 0.1) is 12.8 Å². The fourth-order valence-electron chi connectivity index (χ4n) is 2.49. The monoisotopic (exact) mass is 247 g/mol. The zero-order valence-corrected chi connectivity index (χ0v) is 11.3. The Morgan fingerprint density at radius 2 is 2.06 bits per heavy atom. The van der Waals surface area contributed by atoms with Crippen molar-refractivity contribution >= 4 is 11.6 Å². The Kier molecular flexibility index (Phi) is 3.71. The molecule has 98 valence electrons. The van der Waals surface area contributed by atoms with Gasteiger partial charge in [-0.1, -0.05) is 26.0 Å². The van der Waals surface area contributed by atoms with Crippen LogP contribution in [0.4, 0.5) is 5.69 Å². The number of rotatable bonds is 3. The molecule has 2 rings (SSSR count). The fourth-order valence-corrected chi connectivity index (χ4v) is 2.49. The van der Waals surface area contributed by atoms with Gasteiger partial charge in [0, 0.05) is 12.1 Å². The number of aryl methyl sites for hydroxylation is 2. The normalized spacial score (nSPS) is 16.4. The molecular formula is C15H21NO2. The lowest BCUT2D eigenvalue weighted by atomic mass is 9.92. The van der Waals surface area contributed by atoms with Crippen molar-refractivity contribution in [3.05, 3.63) is 28.8 Å². The summed E-state index contributed by atoms with van der Waals surface area (Å²) in [5.74, 6) is 0.553. The second-order valence-corrected chi connectivity index (χ2v) is 5.57. The highest BCUT2D eigenvalue weighted by Crippen LogP contribution is 2.31. The highest BCUT2D eigenvalue weighted by Gasteiger charge is 2.19. The number of anilines is 1. The number of nitrogens with one attached hydrogen (secondary N) is 1. The molecule has 2 N–H and O–H groups in total. The van der Waals surface area contributed by atoms with E-state index in [2.05, 4.69) is 19.2 Å². The summed E-state index contributed by atoms with van der Waals surface area (Å²) in [6, 6.07) is 4.02. The smallest absolute Gasteiger partial charge is 0.224 e. The van der Waals surface area contributed by atoms with E-state index in [1.807, 2.05) is 19.1 Å². The van der Waals surface area contributed by atoms with Crippen LogP contribution < -0.4 is 5.32 Å². The van der Waals surface area contributed by atoms with Gasteiger partial charge in [0.2, 0.25) is 5.91 Å². The number of aliphatic hydroxyl groups is 1. The standard InChI is InChI=1S/C15H21NO2/c1-9(2)6-13(17)12-7-10(3)15-11(8-12)4-5-14(18)16-15/h7-9,13,17H,4-6H2,1-3H3,(H,16,18). The Labute approximate surface area is 108 Å². The van der Waals surface area contributed by atoms with Gasteiger partial charge in [0.15, 0.2) is 0 Å². The number of hydrogen-bond acceptors (Lipinski definition) is 2. The molecular weight excluding hydrogens is 226 g/mol. The molecule has 0 saturated heterocycles. The van der Waals surface area contributed by atoms with Crippen LogP contribution in [0.1, 0.15) is 49.5 Å². The second kappa shape index (κ2) is 5.11. The summed E-state index contributed by atoms with van der Waals surface area (Å²) < 4.78 is 0. The van der Waals surface area contributed by atoms with Crippen molar-refractivity contribution < 1.29 is 9.90 Å². The summed E-state index contributed by atoms with van der Waals surface area (Å²) in [5.41, 5.74) is 4.09. The minimum Gasteiger partial charge on any atom is -0.388 e. The lowest BCUT2D eigenvalue weighted by molar-refractivity contribution is -0.116. The third-order valence-electron chi connectivity index (χ3n) is 3.40. The Morgan fingerprint density at radius 1 is 1.33 bits per heavy atom. The zero-order valence-electron chi connectivity index (χ0n) is 11.3. The first-order valence-electron chi connectivity index (χ1n) is 6.58. The van der Waals surface area contributed by atoms with Crippen LogP contribution in [0.15, 0.2) is 12.1 Å². The van der Waals surface area contributed by atoms with Gasteiger partial charge in [-0.3, -0.25) is 4.79 Å². The van der Waals surface area contributed by atoms with Crippen molar-refractivity contribution in [3.8, 4) is 0 Å². The molecule has 1 aliphatic heterocycles. The summed E-state index contributed by atoms with van der Waals surface area (Å²) in [4.78, 5) is 11.4. The lowest BCUT2D eigenvalue weighted by Gasteiger charge is -2.22. The van der Waals surface area contributed by atoms with Crippen molar-refractivity contribution in [1.29, 1.82) is 0 Å². The molecule has 0 bridgehead atoms. The Hall–Kier alpha value is -1.35. The van der Waals surface area contributed by atoms with E-state index in [-0.39, 0.29) is 5.91 Å².